The number of tetrazole rings is 1. The van der Waals surface area contributed by atoms with Gasteiger partial charge >= 0.3 is 0 Å². The minimum Gasteiger partial charge on any atom is -0.355 e. The molecule has 0 saturated heterocycles. The number of nitrogens with one attached hydrogen (secondary N) is 1. The Labute approximate surface area is 144 Å². The summed E-state index contributed by atoms with van der Waals surface area (Å²) in [6.07, 6.45) is 1.90. The van der Waals surface area contributed by atoms with Gasteiger partial charge in [-0.3, -0.25) is 4.79 Å². The zero-order valence-corrected chi connectivity index (χ0v) is 13.8. The first-order valence-corrected chi connectivity index (χ1v) is 8.57. The summed E-state index contributed by atoms with van der Waals surface area (Å²) in [7, 11) is 0. The third-order valence-corrected chi connectivity index (χ3v) is 4.36. The fourth-order valence-corrected chi connectivity index (χ4v) is 2.96. The van der Waals surface area contributed by atoms with Gasteiger partial charge in [-0.05, 0) is 40.3 Å². The largest absolute Gasteiger partial charge is 0.355 e. The molecule has 3 rings (SSSR count). The summed E-state index contributed by atoms with van der Waals surface area (Å²) < 4.78 is 1.57. The van der Waals surface area contributed by atoms with E-state index in [1.807, 2.05) is 42.5 Å². The van der Waals surface area contributed by atoms with Crippen molar-refractivity contribution in [3.8, 4) is 5.69 Å². The second-order valence-electron chi connectivity index (χ2n) is 5.11. The van der Waals surface area contributed by atoms with Crippen LogP contribution in [0.3, 0.4) is 0 Å². The zero-order chi connectivity index (χ0) is 16.6. The van der Waals surface area contributed by atoms with E-state index in [9.17, 15) is 4.79 Å². The van der Waals surface area contributed by atoms with Gasteiger partial charge in [0.15, 0.2) is 0 Å². The van der Waals surface area contributed by atoms with Gasteiger partial charge in [-0.2, -0.15) is 0 Å². The molecular weight excluding hydrogens is 322 g/mol. The number of nitrogens with zero attached hydrogens (tertiary/aromatic N) is 4. The van der Waals surface area contributed by atoms with Gasteiger partial charge in [-0.15, -0.1) is 16.9 Å². The second kappa shape index (κ2) is 8.26. The third-order valence-electron chi connectivity index (χ3n) is 3.35. The SMILES string of the molecule is O=C(Cc1ccc(-n2cnnn2)cc1)NCCSc1ccccc1. The highest BCUT2D eigenvalue weighted by atomic mass is 32.2. The minimum atomic E-state index is 0.0267. The average molecular weight is 339 g/mol. The quantitative estimate of drug-likeness (QED) is 0.527. The topological polar surface area (TPSA) is 72.7 Å². The molecular formula is C17H17N5OS. The number of hydrogen-bond donors (Lipinski definition) is 1. The average Bonchev–Trinajstić information content (AvgIpc) is 3.15. The van der Waals surface area contributed by atoms with Crippen LogP contribution in [0.25, 0.3) is 5.69 Å². The van der Waals surface area contributed by atoms with Crippen molar-refractivity contribution in [2.45, 2.75) is 11.3 Å². The first-order valence-electron chi connectivity index (χ1n) is 7.58. The van der Waals surface area contributed by atoms with Crippen LogP contribution in [0.15, 0.2) is 65.8 Å². The standard InChI is InChI=1S/C17H17N5OS/c23-17(18-10-11-24-16-4-2-1-3-5-16)12-14-6-8-15(9-7-14)22-13-19-20-21-22/h1-9,13H,10-12H2,(H,18,23). The summed E-state index contributed by atoms with van der Waals surface area (Å²) in [6, 6.07) is 17.8. The van der Waals surface area contributed by atoms with Crippen LogP contribution in [-0.2, 0) is 11.2 Å². The molecule has 0 bridgehead atoms. The Balaban J connectivity index is 1.42. The molecule has 0 spiro atoms. The third kappa shape index (κ3) is 4.66. The van der Waals surface area contributed by atoms with Crippen molar-refractivity contribution in [2.75, 3.05) is 12.3 Å². The molecule has 0 atom stereocenters. The van der Waals surface area contributed by atoms with Gasteiger partial charge in [-0.25, -0.2) is 4.68 Å². The van der Waals surface area contributed by atoms with Crippen LogP contribution >= 0.6 is 11.8 Å². The molecule has 2 aromatic carbocycles. The lowest BCUT2D eigenvalue weighted by atomic mass is 10.1. The smallest absolute Gasteiger partial charge is 0.224 e. The van der Waals surface area contributed by atoms with E-state index in [0.29, 0.717) is 13.0 Å². The highest BCUT2D eigenvalue weighted by molar-refractivity contribution is 7.99. The van der Waals surface area contributed by atoms with Crippen LogP contribution in [0.4, 0.5) is 0 Å². The first-order chi connectivity index (χ1) is 11.8. The Hall–Kier alpha value is -2.67. The molecule has 122 valence electrons. The molecule has 0 unspecified atom stereocenters. The van der Waals surface area contributed by atoms with Crippen molar-refractivity contribution >= 4 is 17.7 Å². The molecule has 0 aliphatic rings. The van der Waals surface area contributed by atoms with Crippen LogP contribution in [-0.4, -0.2) is 38.4 Å². The normalized spacial score (nSPS) is 10.5. The number of carbonyl (C=O) groups is 1. The first kappa shape index (κ1) is 16.2. The van der Waals surface area contributed by atoms with Crippen molar-refractivity contribution in [2.24, 2.45) is 0 Å². The molecule has 0 fully saturated rings. The van der Waals surface area contributed by atoms with Gasteiger partial charge in [0.25, 0.3) is 0 Å². The van der Waals surface area contributed by atoms with E-state index >= 15 is 0 Å². The zero-order valence-electron chi connectivity index (χ0n) is 13.0. The molecule has 24 heavy (non-hydrogen) atoms. The van der Waals surface area contributed by atoms with Gasteiger partial charge in [0.1, 0.15) is 6.33 Å². The molecule has 0 aliphatic carbocycles. The van der Waals surface area contributed by atoms with Crippen molar-refractivity contribution in [1.82, 2.24) is 25.5 Å². The monoisotopic (exact) mass is 339 g/mol. The van der Waals surface area contributed by atoms with E-state index in [2.05, 4.69) is 33.0 Å². The number of rotatable bonds is 7. The molecule has 0 radical (unpaired) electrons. The maximum atomic E-state index is 12.0. The van der Waals surface area contributed by atoms with Crippen molar-refractivity contribution in [3.63, 3.8) is 0 Å². The van der Waals surface area contributed by atoms with Gasteiger partial charge in [0.2, 0.25) is 5.91 Å². The maximum Gasteiger partial charge on any atom is 0.224 e. The summed E-state index contributed by atoms with van der Waals surface area (Å²) in [5.41, 5.74) is 1.82. The molecule has 1 heterocycles. The fraction of sp³-hybridized carbons (Fsp3) is 0.176. The summed E-state index contributed by atoms with van der Waals surface area (Å²) in [5.74, 6) is 0.882. The lowest BCUT2D eigenvalue weighted by molar-refractivity contribution is -0.120. The van der Waals surface area contributed by atoms with Crippen molar-refractivity contribution in [3.05, 3.63) is 66.5 Å². The fourth-order valence-electron chi connectivity index (χ4n) is 2.17. The highest BCUT2D eigenvalue weighted by Gasteiger charge is 2.04. The van der Waals surface area contributed by atoms with E-state index in [4.69, 9.17) is 0 Å². The van der Waals surface area contributed by atoms with E-state index in [1.54, 1.807) is 16.4 Å². The number of amides is 1. The van der Waals surface area contributed by atoms with Crippen LogP contribution in [0.2, 0.25) is 0 Å². The predicted octanol–water partition coefficient (Wildman–Crippen LogP) is 2.11. The maximum absolute atomic E-state index is 12.0. The number of benzene rings is 2. The Morgan fingerprint density at radius 2 is 1.88 bits per heavy atom. The molecule has 6 nitrogen and oxygen atoms in total. The van der Waals surface area contributed by atoms with Crippen LogP contribution in [0.5, 0.6) is 0 Å². The minimum absolute atomic E-state index is 0.0267. The lowest BCUT2D eigenvalue weighted by Gasteiger charge is -2.06. The molecule has 1 N–H and O–H groups in total. The molecule has 0 aliphatic heterocycles. The van der Waals surface area contributed by atoms with E-state index < -0.39 is 0 Å². The van der Waals surface area contributed by atoms with Crippen LogP contribution < -0.4 is 5.32 Å². The van der Waals surface area contributed by atoms with Crippen molar-refractivity contribution < 1.29 is 4.79 Å². The summed E-state index contributed by atoms with van der Waals surface area (Å²) >= 11 is 1.73. The number of thioether (sulfide) groups is 1. The predicted molar refractivity (Wildman–Crippen MR) is 93.0 cm³/mol. The summed E-state index contributed by atoms with van der Waals surface area (Å²) in [6.45, 7) is 0.654. The van der Waals surface area contributed by atoms with Gasteiger partial charge in [-0.1, -0.05) is 30.3 Å². The lowest BCUT2D eigenvalue weighted by Crippen LogP contribution is -2.27. The van der Waals surface area contributed by atoms with Gasteiger partial charge < -0.3 is 5.32 Å². The molecule has 1 amide bonds. The Morgan fingerprint density at radius 3 is 2.58 bits per heavy atom. The van der Waals surface area contributed by atoms with Crippen LogP contribution in [0.1, 0.15) is 5.56 Å². The molecule has 3 aromatic rings. The number of hydrogen-bond acceptors (Lipinski definition) is 5. The van der Waals surface area contributed by atoms with Gasteiger partial charge in [0, 0.05) is 17.2 Å². The van der Waals surface area contributed by atoms with Gasteiger partial charge in [0.05, 0.1) is 12.1 Å². The van der Waals surface area contributed by atoms with E-state index in [-0.39, 0.29) is 5.91 Å². The Kier molecular flexibility index (Phi) is 5.57. The summed E-state index contributed by atoms with van der Waals surface area (Å²) in [5, 5.41) is 14.0. The molecule has 0 saturated carbocycles. The highest BCUT2D eigenvalue weighted by Crippen LogP contribution is 2.15. The summed E-state index contributed by atoms with van der Waals surface area (Å²) in [4.78, 5) is 13.2. The van der Waals surface area contributed by atoms with E-state index in [0.717, 1.165) is 17.0 Å². The second-order valence-corrected chi connectivity index (χ2v) is 6.28. The number of aromatic nitrogens is 4. The Bertz CT molecular complexity index is 759. The van der Waals surface area contributed by atoms with Crippen molar-refractivity contribution in [1.29, 1.82) is 0 Å². The Morgan fingerprint density at radius 1 is 1.08 bits per heavy atom. The van der Waals surface area contributed by atoms with E-state index in [1.165, 1.54) is 11.2 Å². The molecule has 1 aromatic heterocycles. The number of carbonyl (C=O) groups excluding carboxylic acids is 1. The molecule has 7 heteroatoms. The van der Waals surface area contributed by atoms with Crippen LogP contribution in [0, 0.1) is 0 Å².